The second-order valence-electron chi connectivity index (χ2n) is 4.90. The summed E-state index contributed by atoms with van der Waals surface area (Å²) in [5.41, 5.74) is 1.49. The first-order valence-corrected chi connectivity index (χ1v) is 6.39. The summed E-state index contributed by atoms with van der Waals surface area (Å²) in [6.07, 6.45) is 2.42. The standard InChI is InChI=1S/C13H20BNO3/c1-10-4-3-7-15(10)9-11-8-12(18-2)5-6-13(11)14(16)17/h5-6,8,10,16-17H,3-4,7,9H2,1-2H3. The van der Waals surface area contributed by atoms with Crippen LogP contribution in [0.4, 0.5) is 0 Å². The van der Waals surface area contributed by atoms with Crippen LogP contribution >= 0.6 is 0 Å². The highest BCUT2D eigenvalue weighted by molar-refractivity contribution is 6.59. The van der Waals surface area contributed by atoms with Crippen molar-refractivity contribution in [1.82, 2.24) is 4.90 Å². The van der Waals surface area contributed by atoms with Gasteiger partial charge in [-0.2, -0.15) is 0 Å². The third-order valence-electron chi connectivity index (χ3n) is 3.69. The fourth-order valence-corrected chi connectivity index (χ4v) is 2.54. The predicted molar refractivity (Wildman–Crippen MR) is 71.9 cm³/mol. The molecular formula is C13H20BNO3. The van der Waals surface area contributed by atoms with Gasteiger partial charge in [-0.1, -0.05) is 6.07 Å². The van der Waals surface area contributed by atoms with E-state index in [1.807, 2.05) is 6.07 Å². The number of ether oxygens (including phenoxy) is 1. The lowest BCUT2D eigenvalue weighted by atomic mass is 9.77. The zero-order chi connectivity index (χ0) is 13.1. The van der Waals surface area contributed by atoms with Crippen molar-refractivity contribution >= 4 is 12.6 Å². The van der Waals surface area contributed by atoms with Crippen molar-refractivity contribution in [3.05, 3.63) is 23.8 Å². The van der Waals surface area contributed by atoms with Crippen LogP contribution in [0.25, 0.3) is 0 Å². The quantitative estimate of drug-likeness (QED) is 0.756. The van der Waals surface area contributed by atoms with E-state index in [0.717, 1.165) is 24.4 Å². The largest absolute Gasteiger partial charge is 0.497 e. The summed E-state index contributed by atoms with van der Waals surface area (Å²) in [5, 5.41) is 18.8. The highest BCUT2D eigenvalue weighted by atomic mass is 16.5. The molecule has 0 aliphatic carbocycles. The summed E-state index contributed by atoms with van der Waals surface area (Å²) in [6.45, 7) is 4.02. The molecule has 1 aliphatic rings. The second-order valence-corrected chi connectivity index (χ2v) is 4.90. The number of likely N-dealkylation sites (tertiary alicyclic amines) is 1. The smallest absolute Gasteiger partial charge is 0.488 e. The molecule has 0 bridgehead atoms. The van der Waals surface area contributed by atoms with Crippen LogP contribution in [0.3, 0.4) is 0 Å². The third kappa shape index (κ3) is 2.86. The molecule has 0 aromatic heterocycles. The molecule has 1 unspecified atom stereocenters. The Balaban J connectivity index is 2.23. The van der Waals surface area contributed by atoms with Gasteiger partial charge in [-0.05, 0) is 49.5 Å². The van der Waals surface area contributed by atoms with Crippen molar-refractivity contribution in [2.24, 2.45) is 0 Å². The van der Waals surface area contributed by atoms with Crippen LogP contribution in [-0.2, 0) is 6.54 Å². The highest BCUT2D eigenvalue weighted by Gasteiger charge is 2.23. The molecule has 1 aliphatic heterocycles. The van der Waals surface area contributed by atoms with Crippen LogP contribution in [0.15, 0.2) is 18.2 Å². The fraction of sp³-hybridized carbons (Fsp3) is 0.538. The van der Waals surface area contributed by atoms with Crippen molar-refractivity contribution in [3.8, 4) is 5.75 Å². The van der Waals surface area contributed by atoms with E-state index in [-0.39, 0.29) is 0 Å². The average molecular weight is 249 g/mol. The Labute approximate surface area is 108 Å². The molecule has 1 heterocycles. The third-order valence-corrected chi connectivity index (χ3v) is 3.69. The summed E-state index contributed by atoms with van der Waals surface area (Å²) in [6, 6.07) is 5.92. The molecule has 0 amide bonds. The van der Waals surface area contributed by atoms with Crippen LogP contribution in [0.1, 0.15) is 25.3 Å². The van der Waals surface area contributed by atoms with E-state index < -0.39 is 7.12 Å². The van der Waals surface area contributed by atoms with Gasteiger partial charge in [0, 0.05) is 12.6 Å². The summed E-state index contributed by atoms with van der Waals surface area (Å²) in [4.78, 5) is 2.36. The molecule has 1 aromatic rings. The molecule has 1 fully saturated rings. The Morgan fingerprint density at radius 2 is 2.22 bits per heavy atom. The van der Waals surface area contributed by atoms with Gasteiger partial charge >= 0.3 is 7.12 Å². The van der Waals surface area contributed by atoms with Crippen molar-refractivity contribution < 1.29 is 14.8 Å². The maximum Gasteiger partial charge on any atom is 0.488 e. The van der Waals surface area contributed by atoms with E-state index in [0.29, 0.717) is 11.5 Å². The SMILES string of the molecule is COc1ccc(B(O)O)c(CN2CCCC2C)c1. The fourth-order valence-electron chi connectivity index (χ4n) is 2.54. The molecule has 4 nitrogen and oxygen atoms in total. The highest BCUT2D eigenvalue weighted by Crippen LogP contribution is 2.20. The molecule has 0 radical (unpaired) electrons. The molecule has 2 rings (SSSR count). The van der Waals surface area contributed by atoms with Crippen molar-refractivity contribution in [3.63, 3.8) is 0 Å². The molecule has 1 saturated heterocycles. The van der Waals surface area contributed by atoms with Gasteiger partial charge in [0.25, 0.3) is 0 Å². The first kappa shape index (κ1) is 13.4. The molecule has 1 aromatic carbocycles. The minimum atomic E-state index is -1.43. The Bertz CT molecular complexity index is 411. The maximum absolute atomic E-state index is 9.40. The van der Waals surface area contributed by atoms with Crippen LogP contribution in [0.5, 0.6) is 5.75 Å². The molecule has 5 heteroatoms. The van der Waals surface area contributed by atoms with Crippen LogP contribution < -0.4 is 10.2 Å². The van der Waals surface area contributed by atoms with Crippen LogP contribution in [0.2, 0.25) is 0 Å². The van der Waals surface area contributed by atoms with Crippen molar-refractivity contribution in [1.29, 1.82) is 0 Å². The topological polar surface area (TPSA) is 52.9 Å². The molecule has 0 saturated carbocycles. The molecule has 18 heavy (non-hydrogen) atoms. The monoisotopic (exact) mass is 249 g/mol. The molecule has 2 N–H and O–H groups in total. The molecule has 98 valence electrons. The van der Waals surface area contributed by atoms with E-state index in [1.165, 1.54) is 12.8 Å². The molecular weight excluding hydrogens is 229 g/mol. The Morgan fingerprint density at radius 1 is 1.44 bits per heavy atom. The van der Waals surface area contributed by atoms with Crippen molar-refractivity contribution in [2.45, 2.75) is 32.4 Å². The number of methoxy groups -OCH3 is 1. The summed E-state index contributed by atoms with van der Waals surface area (Å²) >= 11 is 0. The van der Waals surface area contributed by atoms with E-state index in [1.54, 1.807) is 19.2 Å². The lowest BCUT2D eigenvalue weighted by Crippen LogP contribution is -2.36. The van der Waals surface area contributed by atoms with Gasteiger partial charge in [0.15, 0.2) is 0 Å². The first-order chi connectivity index (χ1) is 8.61. The van der Waals surface area contributed by atoms with E-state index in [4.69, 9.17) is 4.74 Å². The Hall–Kier alpha value is -1.04. The van der Waals surface area contributed by atoms with Gasteiger partial charge in [0.2, 0.25) is 0 Å². The summed E-state index contributed by atoms with van der Waals surface area (Å²) < 4.78 is 5.20. The normalized spacial score (nSPS) is 20.1. The number of rotatable bonds is 4. The molecule has 0 spiro atoms. The van der Waals surface area contributed by atoms with Gasteiger partial charge in [-0.15, -0.1) is 0 Å². The Morgan fingerprint density at radius 3 is 2.78 bits per heavy atom. The van der Waals surface area contributed by atoms with E-state index in [2.05, 4.69) is 11.8 Å². The Kier molecular flexibility index (Phi) is 4.27. The van der Waals surface area contributed by atoms with E-state index >= 15 is 0 Å². The van der Waals surface area contributed by atoms with Gasteiger partial charge in [0.1, 0.15) is 5.75 Å². The predicted octanol–water partition coefficient (Wildman–Crippen LogP) is 0.359. The van der Waals surface area contributed by atoms with Crippen molar-refractivity contribution in [2.75, 3.05) is 13.7 Å². The van der Waals surface area contributed by atoms with Crippen LogP contribution in [0, 0.1) is 0 Å². The van der Waals surface area contributed by atoms with Gasteiger partial charge < -0.3 is 14.8 Å². The summed E-state index contributed by atoms with van der Waals surface area (Å²) in [5.74, 6) is 0.751. The minimum Gasteiger partial charge on any atom is -0.497 e. The lowest BCUT2D eigenvalue weighted by Gasteiger charge is -2.22. The van der Waals surface area contributed by atoms with E-state index in [9.17, 15) is 10.0 Å². The number of hydrogen-bond donors (Lipinski definition) is 2. The number of hydrogen-bond acceptors (Lipinski definition) is 4. The maximum atomic E-state index is 9.40. The molecule has 1 atom stereocenters. The number of nitrogens with zero attached hydrogens (tertiary/aromatic N) is 1. The lowest BCUT2D eigenvalue weighted by molar-refractivity contribution is 0.260. The zero-order valence-electron chi connectivity index (χ0n) is 11.0. The van der Waals surface area contributed by atoms with Crippen LogP contribution in [-0.4, -0.2) is 41.8 Å². The second kappa shape index (κ2) is 5.74. The summed E-state index contributed by atoms with van der Waals surface area (Å²) in [7, 11) is 0.191. The van der Waals surface area contributed by atoms with Gasteiger partial charge in [0.05, 0.1) is 7.11 Å². The van der Waals surface area contributed by atoms with Gasteiger partial charge in [-0.3, -0.25) is 4.90 Å². The average Bonchev–Trinajstić information content (AvgIpc) is 2.74. The zero-order valence-corrected chi connectivity index (χ0v) is 11.0. The number of benzene rings is 1. The van der Waals surface area contributed by atoms with Gasteiger partial charge in [-0.25, -0.2) is 0 Å². The first-order valence-electron chi connectivity index (χ1n) is 6.39. The minimum absolute atomic E-state index is 0.555.